The maximum Gasteiger partial charge on any atom is 0.489 e. The third kappa shape index (κ3) is 3.88. The van der Waals surface area contributed by atoms with Gasteiger partial charge in [-0.3, -0.25) is 4.57 Å². The highest BCUT2D eigenvalue weighted by molar-refractivity contribution is 7.19. The largest absolute Gasteiger partial charge is 0.489 e. The Kier molecular flexibility index (Phi) is 5.59. The minimum absolute atomic E-state index is 0.146. The summed E-state index contributed by atoms with van der Waals surface area (Å²) in [7, 11) is 0. The molecular weight excluding hydrogens is 604 g/mol. The van der Waals surface area contributed by atoms with E-state index in [-0.39, 0.29) is 11.0 Å². The van der Waals surface area contributed by atoms with Gasteiger partial charge in [-0.2, -0.15) is 9.67 Å². The maximum atomic E-state index is 14.0. The first kappa shape index (κ1) is 26.9. The Bertz CT molecular complexity index is 2640. The molecule has 0 aliphatic carbocycles. The van der Waals surface area contributed by atoms with Crippen molar-refractivity contribution in [2.45, 2.75) is 20.1 Å². The van der Waals surface area contributed by atoms with Gasteiger partial charge < -0.3 is 0 Å². The van der Waals surface area contributed by atoms with Crippen LogP contribution in [0.1, 0.15) is 10.7 Å². The Balaban J connectivity index is 1.17. The van der Waals surface area contributed by atoms with E-state index in [1.165, 1.54) is 15.6 Å². The van der Waals surface area contributed by atoms with Crippen LogP contribution in [0.5, 0.6) is 0 Å². The van der Waals surface area contributed by atoms with Gasteiger partial charge in [0, 0.05) is 28.1 Å². The van der Waals surface area contributed by atoms with Crippen molar-refractivity contribution in [3.8, 4) is 28.1 Å². The lowest BCUT2D eigenvalue weighted by Gasteiger charge is -2.11. The number of H-pyrrole nitrogens is 1. The Hall–Kier alpha value is -5.41. The third-order valence-electron chi connectivity index (χ3n) is 8.80. The number of aryl methyl sites for hydroxylation is 2. The number of imidazole rings is 1. The highest BCUT2D eigenvalue weighted by atomic mass is 32.1. The number of aromatic amines is 1. The number of benzene rings is 4. The number of alkyl halides is 3. The molecule has 0 amide bonds. The van der Waals surface area contributed by atoms with Crippen molar-refractivity contribution < 1.29 is 17.7 Å². The predicted octanol–water partition coefficient (Wildman–Crippen LogP) is 9.84. The molecule has 5 nitrogen and oxygen atoms in total. The average molecular weight is 629 g/mol. The van der Waals surface area contributed by atoms with E-state index in [4.69, 9.17) is 5.10 Å². The number of nitrogens with zero attached hydrogens (tertiary/aromatic N) is 4. The van der Waals surface area contributed by atoms with E-state index >= 15 is 0 Å². The summed E-state index contributed by atoms with van der Waals surface area (Å²) in [5.41, 5.74) is 9.16. The second-order valence-electron chi connectivity index (χ2n) is 11.6. The number of halogens is 3. The van der Waals surface area contributed by atoms with Crippen LogP contribution in [0.15, 0.2) is 109 Å². The maximum absolute atomic E-state index is 14.0. The number of nitrogens with one attached hydrogen (secondary N) is 1. The number of para-hydroxylation sites is 2. The van der Waals surface area contributed by atoms with Crippen molar-refractivity contribution >= 4 is 59.9 Å². The molecule has 224 valence electrons. The van der Waals surface area contributed by atoms with Gasteiger partial charge in [-0.05, 0) is 60.5 Å². The highest BCUT2D eigenvalue weighted by Crippen LogP contribution is 2.39. The van der Waals surface area contributed by atoms with Gasteiger partial charge in [0.15, 0.2) is 5.52 Å². The average Bonchev–Trinajstić information content (AvgIpc) is 3.82. The van der Waals surface area contributed by atoms with Gasteiger partial charge in [0.05, 0.1) is 22.2 Å². The van der Waals surface area contributed by atoms with Crippen molar-refractivity contribution in [1.82, 2.24) is 19.2 Å². The number of thiophene rings is 1. The van der Waals surface area contributed by atoms with Crippen LogP contribution in [-0.4, -0.2) is 19.2 Å². The van der Waals surface area contributed by atoms with Crippen LogP contribution < -0.4 is 4.57 Å². The van der Waals surface area contributed by atoms with Gasteiger partial charge >= 0.3 is 6.30 Å². The van der Waals surface area contributed by atoms with Gasteiger partial charge in [0.1, 0.15) is 15.9 Å². The quantitative estimate of drug-likeness (QED) is 0.195. The first-order chi connectivity index (χ1) is 22.3. The van der Waals surface area contributed by atoms with Crippen molar-refractivity contribution in [2.75, 3.05) is 0 Å². The van der Waals surface area contributed by atoms with E-state index < -0.39 is 6.30 Å². The summed E-state index contributed by atoms with van der Waals surface area (Å²) in [5.74, 6) is 1.03. The van der Waals surface area contributed by atoms with Gasteiger partial charge in [0.25, 0.3) is 5.82 Å². The molecule has 0 aliphatic rings. The summed E-state index contributed by atoms with van der Waals surface area (Å²) in [6.07, 6.45) is -4.52. The molecule has 0 atom stereocenters. The van der Waals surface area contributed by atoms with Crippen molar-refractivity contribution in [2.24, 2.45) is 0 Å². The molecule has 0 aliphatic heterocycles. The monoisotopic (exact) mass is 628 g/mol. The van der Waals surface area contributed by atoms with Gasteiger partial charge in [0.2, 0.25) is 5.52 Å². The van der Waals surface area contributed by atoms with E-state index in [0.29, 0.717) is 15.3 Å². The first-order valence-electron chi connectivity index (χ1n) is 14.9. The molecule has 0 fully saturated rings. The molecule has 0 bridgehead atoms. The Labute approximate surface area is 264 Å². The van der Waals surface area contributed by atoms with Crippen LogP contribution in [0.2, 0.25) is 0 Å². The molecule has 0 saturated carbocycles. The Morgan fingerprint density at radius 3 is 2.17 bits per heavy atom. The Morgan fingerprint density at radius 1 is 0.696 bits per heavy atom. The number of aromatic nitrogens is 5. The lowest BCUT2D eigenvalue weighted by molar-refractivity contribution is -0.573. The van der Waals surface area contributed by atoms with Crippen LogP contribution in [0.25, 0.3) is 76.6 Å². The lowest BCUT2D eigenvalue weighted by atomic mass is 10.0. The van der Waals surface area contributed by atoms with Crippen molar-refractivity contribution in [3.63, 3.8) is 0 Å². The second-order valence-corrected chi connectivity index (χ2v) is 12.9. The number of hydrogen-bond acceptors (Lipinski definition) is 2. The topological polar surface area (TPSA) is 41.9 Å². The molecule has 5 heterocycles. The zero-order valence-corrected chi connectivity index (χ0v) is 25.5. The van der Waals surface area contributed by atoms with Crippen molar-refractivity contribution in [3.05, 3.63) is 120 Å². The molecule has 0 radical (unpaired) electrons. The fourth-order valence-electron chi connectivity index (χ4n) is 6.85. The van der Waals surface area contributed by atoms with Crippen molar-refractivity contribution in [1.29, 1.82) is 0 Å². The van der Waals surface area contributed by atoms with Gasteiger partial charge in [-0.1, -0.05) is 66.7 Å². The summed E-state index contributed by atoms with van der Waals surface area (Å²) in [4.78, 5) is 4.85. The summed E-state index contributed by atoms with van der Waals surface area (Å²) >= 11 is 1.76. The minimum atomic E-state index is -4.52. The molecule has 9 aromatic rings. The lowest BCUT2D eigenvalue weighted by Crippen LogP contribution is -2.32. The second kappa shape index (κ2) is 9.55. The SMILES string of the molecule is Cc1cc2c(s1)c1c([nH]c(C)[n+]1-c1ccccc1)c1cc(-c3ccc(-c4ccc5c(c4)c4ccccc4n5C(F)(F)F)cc3)nn12. The van der Waals surface area contributed by atoms with Crippen LogP contribution in [-0.2, 0) is 6.30 Å². The summed E-state index contributed by atoms with van der Waals surface area (Å²) in [6.45, 7) is 4.21. The zero-order valence-electron chi connectivity index (χ0n) is 24.7. The number of pyridine rings is 1. The smallest absolute Gasteiger partial charge is 0.252 e. The summed E-state index contributed by atoms with van der Waals surface area (Å²) in [5, 5.41) is 6.22. The number of rotatable bonds is 3. The fraction of sp³-hybridized carbons (Fsp3) is 0.0811. The summed E-state index contributed by atoms with van der Waals surface area (Å²) < 4.78 is 48.0. The van der Waals surface area contributed by atoms with Gasteiger partial charge in [-0.25, -0.2) is 9.50 Å². The van der Waals surface area contributed by atoms with Crippen LogP contribution in [0, 0.1) is 13.8 Å². The van der Waals surface area contributed by atoms with E-state index in [1.807, 2.05) is 40.9 Å². The van der Waals surface area contributed by atoms with E-state index in [9.17, 15) is 13.2 Å². The standard InChI is InChI=1S/C37H24F3N5S/c1-21-18-33-36(46-21)35-34(41-22(2)43(35)26-8-4-3-5-9-26)32-20-29(42-45(32)33)24-14-12-23(13-15-24)25-16-17-31-28(19-25)27-10-6-7-11-30(27)44(31)37(38,39)40/h3-20H,1-2H3/p+1. The van der Waals surface area contributed by atoms with Crippen LogP contribution in [0.3, 0.4) is 0 Å². The zero-order chi connectivity index (χ0) is 31.3. The Morgan fingerprint density at radius 2 is 1.39 bits per heavy atom. The molecule has 0 spiro atoms. The molecule has 4 aromatic carbocycles. The number of hydrogen-bond donors (Lipinski definition) is 1. The van der Waals surface area contributed by atoms with E-state index in [1.54, 1.807) is 41.7 Å². The van der Waals surface area contributed by atoms with Crippen LogP contribution >= 0.6 is 11.3 Å². The molecule has 0 saturated heterocycles. The van der Waals surface area contributed by atoms with E-state index in [2.05, 4.69) is 59.8 Å². The molecule has 0 unspecified atom stereocenters. The molecule has 1 N–H and O–H groups in total. The molecular formula is C37H25F3N5S+. The molecule has 46 heavy (non-hydrogen) atoms. The predicted molar refractivity (Wildman–Crippen MR) is 179 cm³/mol. The molecule has 5 aromatic heterocycles. The normalized spacial score (nSPS) is 12.5. The highest BCUT2D eigenvalue weighted by Gasteiger charge is 2.34. The van der Waals surface area contributed by atoms with Crippen LogP contribution in [0.4, 0.5) is 13.2 Å². The van der Waals surface area contributed by atoms with Gasteiger partial charge in [-0.15, -0.1) is 24.5 Å². The third-order valence-corrected chi connectivity index (χ3v) is 9.85. The first-order valence-corrected chi connectivity index (χ1v) is 15.7. The summed E-state index contributed by atoms with van der Waals surface area (Å²) in [6, 6.07) is 34.6. The fourth-order valence-corrected chi connectivity index (χ4v) is 7.88. The van der Waals surface area contributed by atoms with E-state index in [0.717, 1.165) is 56.0 Å². The number of fused-ring (bicyclic) bond motifs is 9. The molecule has 9 rings (SSSR count). The molecule has 9 heteroatoms. The minimum Gasteiger partial charge on any atom is -0.252 e.